The Kier molecular flexibility index (Phi) is 12.0. The van der Waals surface area contributed by atoms with E-state index >= 15 is 0 Å². The molecule has 0 fully saturated rings. The summed E-state index contributed by atoms with van der Waals surface area (Å²) in [5, 5.41) is 0. The molecular formula is C2H7NaO8S2. The summed E-state index contributed by atoms with van der Waals surface area (Å²) < 4.78 is 60.7. The smallest absolute Gasteiger partial charge is 0.726 e. The zero-order valence-corrected chi connectivity index (χ0v) is 10.8. The zero-order chi connectivity index (χ0) is 10.4. The quantitative estimate of drug-likeness (QED) is 0.293. The summed E-state index contributed by atoms with van der Waals surface area (Å²) in [7, 11) is -6.90. The first kappa shape index (κ1) is 19.3. The largest absolute Gasteiger partial charge is 1.00 e. The maximum absolute atomic E-state index is 9.33. The van der Waals surface area contributed by atoms with E-state index in [4.69, 9.17) is 4.55 Å². The topological polar surface area (TPSA) is 130 Å². The van der Waals surface area contributed by atoms with Gasteiger partial charge in [0.15, 0.2) is 0 Å². The summed E-state index contributed by atoms with van der Waals surface area (Å²) in [6.07, 6.45) is 0. The van der Waals surface area contributed by atoms with Crippen LogP contribution in [0.5, 0.6) is 0 Å². The van der Waals surface area contributed by atoms with Crippen molar-refractivity contribution in [2.75, 3.05) is 14.2 Å². The molecule has 0 aromatic carbocycles. The second-order valence-electron chi connectivity index (χ2n) is 1.17. The standard InChI is InChI=1S/2CH4O4S.Na/c2*1-5-6(2,3)4;/h2*1H3,(H,2,3,4);/q;;+1/p-1. The molecule has 0 rings (SSSR count). The molecule has 0 saturated heterocycles. The van der Waals surface area contributed by atoms with Gasteiger partial charge in [0, 0.05) is 0 Å². The molecule has 0 spiro atoms. The average Bonchev–Trinajstić information content (AvgIpc) is 1.86. The maximum Gasteiger partial charge on any atom is 1.00 e. The molecule has 8 nitrogen and oxygen atoms in total. The molecule has 1 N–H and O–H groups in total. The summed E-state index contributed by atoms with van der Waals surface area (Å²) in [5.74, 6) is 0. The van der Waals surface area contributed by atoms with Crippen LogP contribution in [0.3, 0.4) is 0 Å². The van der Waals surface area contributed by atoms with Crippen molar-refractivity contribution in [1.82, 2.24) is 0 Å². The minimum Gasteiger partial charge on any atom is -0.726 e. The molecule has 13 heavy (non-hydrogen) atoms. The van der Waals surface area contributed by atoms with Crippen LogP contribution in [0.1, 0.15) is 0 Å². The normalized spacial score (nSPS) is 10.8. The molecule has 0 heterocycles. The van der Waals surface area contributed by atoms with E-state index in [1.165, 1.54) is 0 Å². The van der Waals surface area contributed by atoms with Crippen LogP contribution in [-0.2, 0) is 29.2 Å². The zero-order valence-electron chi connectivity index (χ0n) is 7.12. The Morgan fingerprint density at radius 1 is 1.08 bits per heavy atom. The van der Waals surface area contributed by atoms with Gasteiger partial charge in [0.2, 0.25) is 10.4 Å². The first-order valence-corrected chi connectivity index (χ1v) is 4.86. The second-order valence-corrected chi connectivity index (χ2v) is 3.51. The minimum absolute atomic E-state index is 0. The van der Waals surface area contributed by atoms with Gasteiger partial charge < -0.3 is 4.55 Å². The van der Waals surface area contributed by atoms with E-state index in [1.807, 2.05) is 0 Å². The first-order valence-electron chi connectivity index (χ1n) is 2.17. The Hall–Kier alpha value is 0.740. The molecule has 0 aliphatic rings. The van der Waals surface area contributed by atoms with Crippen molar-refractivity contribution >= 4 is 20.8 Å². The summed E-state index contributed by atoms with van der Waals surface area (Å²) in [6, 6.07) is 0. The summed E-state index contributed by atoms with van der Waals surface area (Å²) in [6.45, 7) is 0. The van der Waals surface area contributed by atoms with Crippen molar-refractivity contribution in [1.29, 1.82) is 0 Å². The van der Waals surface area contributed by atoms with Gasteiger partial charge in [0.05, 0.1) is 14.2 Å². The molecule has 76 valence electrons. The van der Waals surface area contributed by atoms with Gasteiger partial charge in [-0.2, -0.15) is 8.42 Å². The van der Waals surface area contributed by atoms with E-state index in [9.17, 15) is 21.4 Å². The van der Waals surface area contributed by atoms with Crippen molar-refractivity contribution in [2.24, 2.45) is 0 Å². The van der Waals surface area contributed by atoms with Gasteiger partial charge >= 0.3 is 40.0 Å². The van der Waals surface area contributed by atoms with Crippen molar-refractivity contribution in [2.45, 2.75) is 0 Å². The molecule has 0 atom stereocenters. The third kappa shape index (κ3) is 32.3. The predicted molar refractivity (Wildman–Crippen MR) is 35.3 cm³/mol. The number of hydrogen-bond donors (Lipinski definition) is 1. The van der Waals surface area contributed by atoms with Crippen molar-refractivity contribution < 1.29 is 63.9 Å². The van der Waals surface area contributed by atoms with Crippen LogP contribution >= 0.6 is 0 Å². The van der Waals surface area contributed by atoms with E-state index < -0.39 is 20.8 Å². The van der Waals surface area contributed by atoms with Gasteiger partial charge in [-0.25, -0.2) is 8.42 Å². The predicted octanol–water partition coefficient (Wildman–Crippen LogP) is -4.47. The Morgan fingerprint density at radius 2 is 1.23 bits per heavy atom. The summed E-state index contributed by atoms with van der Waals surface area (Å²) in [4.78, 5) is 0. The molecular weight excluding hydrogens is 239 g/mol. The van der Waals surface area contributed by atoms with Gasteiger partial charge in [0.25, 0.3) is 0 Å². The molecule has 0 amide bonds. The van der Waals surface area contributed by atoms with Crippen LogP contribution in [-0.4, -0.2) is 40.2 Å². The van der Waals surface area contributed by atoms with Crippen molar-refractivity contribution in [3.63, 3.8) is 0 Å². The van der Waals surface area contributed by atoms with E-state index in [-0.39, 0.29) is 29.6 Å². The Morgan fingerprint density at radius 3 is 1.23 bits per heavy atom. The molecule has 0 unspecified atom stereocenters. The average molecular weight is 246 g/mol. The Labute approximate surface area is 98.4 Å². The first-order chi connectivity index (χ1) is 5.12. The van der Waals surface area contributed by atoms with Crippen LogP contribution in [0, 0.1) is 0 Å². The second kappa shape index (κ2) is 8.08. The molecule has 0 radical (unpaired) electrons. The molecule has 0 bridgehead atoms. The van der Waals surface area contributed by atoms with Gasteiger partial charge in [0.1, 0.15) is 0 Å². The summed E-state index contributed by atoms with van der Waals surface area (Å²) >= 11 is 0. The molecule has 0 saturated carbocycles. The van der Waals surface area contributed by atoms with Crippen LogP contribution in [0.15, 0.2) is 0 Å². The third-order valence-corrected chi connectivity index (χ3v) is 1.24. The molecule has 0 aliphatic carbocycles. The number of rotatable bonds is 2. The van der Waals surface area contributed by atoms with Gasteiger partial charge in [-0.3, -0.25) is 12.9 Å². The van der Waals surface area contributed by atoms with Gasteiger partial charge in [-0.05, 0) is 0 Å². The Bertz CT molecular complexity index is 256. The van der Waals surface area contributed by atoms with Crippen LogP contribution in [0.25, 0.3) is 0 Å². The van der Waals surface area contributed by atoms with E-state index in [1.54, 1.807) is 0 Å². The molecule has 0 aromatic heterocycles. The fourth-order valence-corrected chi connectivity index (χ4v) is 0. The summed E-state index contributed by atoms with van der Waals surface area (Å²) in [5.41, 5.74) is 0. The van der Waals surface area contributed by atoms with Gasteiger partial charge in [-0.15, -0.1) is 0 Å². The van der Waals surface area contributed by atoms with E-state index in [0.29, 0.717) is 0 Å². The van der Waals surface area contributed by atoms with E-state index in [0.717, 1.165) is 14.2 Å². The van der Waals surface area contributed by atoms with Crippen LogP contribution in [0.4, 0.5) is 0 Å². The SMILES string of the molecule is COS(=O)(=O)O.COS(=O)(=O)[O-].[Na+]. The fourth-order valence-electron chi connectivity index (χ4n) is 0. The molecule has 0 aliphatic heterocycles. The van der Waals surface area contributed by atoms with Crippen LogP contribution in [0.2, 0.25) is 0 Å². The van der Waals surface area contributed by atoms with Crippen LogP contribution < -0.4 is 29.6 Å². The minimum atomic E-state index is -4.41. The monoisotopic (exact) mass is 246 g/mol. The Balaban J connectivity index is -0.000000143. The van der Waals surface area contributed by atoms with Crippen molar-refractivity contribution in [3.05, 3.63) is 0 Å². The fraction of sp³-hybridized carbons (Fsp3) is 1.00. The third-order valence-electron chi connectivity index (χ3n) is 0.415. The maximum atomic E-state index is 9.33. The van der Waals surface area contributed by atoms with E-state index in [2.05, 4.69) is 8.37 Å². The van der Waals surface area contributed by atoms with Crippen molar-refractivity contribution in [3.8, 4) is 0 Å². The number of hydrogen-bond acceptors (Lipinski definition) is 7. The molecule has 0 aromatic rings. The van der Waals surface area contributed by atoms with Gasteiger partial charge in [-0.1, -0.05) is 0 Å². The molecule has 11 heteroatoms.